The van der Waals surface area contributed by atoms with E-state index in [1.807, 2.05) is 25.0 Å². The van der Waals surface area contributed by atoms with E-state index in [1.54, 1.807) is 22.5 Å². The Morgan fingerprint density at radius 1 is 1.43 bits per heavy atom. The molecule has 0 fully saturated rings. The van der Waals surface area contributed by atoms with Crippen molar-refractivity contribution >= 4 is 17.7 Å². The zero-order chi connectivity index (χ0) is 15.2. The first kappa shape index (κ1) is 15.6. The third kappa shape index (κ3) is 3.63. The molecule has 0 aliphatic carbocycles. The number of esters is 1. The van der Waals surface area contributed by atoms with Crippen molar-refractivity contribution in [3.8, 4) is 11.3 Å². The van der Waals surface area contributed by atoms with Crippen LogP contribution in [-0.2, 0) is 18.3 Å². The molecule has 0 saturated heterocycles. The Hall–Kier alpha value is -1.83. The van der Waals surface area contributed by atoms with Crippen molar-refractivity contribution in [1.29, 1.82) is 0 Å². The number of thioether (sulfide) groups is 1. The molecule has 0 aliphatic heterocycles. The predicted molar refractivity (Wildman–Crippen MR) is 81.2 cm³/mol. The number of carbonyl (C=O) groups excluding carboxylic acids is 1. The molecule has 0 spiro atoms. The van der Waals surface area contributed by atoms with E-state index in [2.05, 4.69) is 22.3 Å². The monoisotopic (exact) mass is 309 g/mol. The fourth-order valence-electron chi connectivity index (χ4n) is 1.93. The van der Waals surface area contributed by atoms with E-state index in [0.717, 1.165) is 17.1 Å². The molecular weight excluding hydrogens is 290 g/mol. The van der Waals surface area contributed by atoms with Gasteiger partial charge in [0.1, 0.15) is 5.69 Å². The number of aromatic nitrogens is 5. The summed E-state index contributed by atoms with van der Waals surface area (Å²) < 4.78 is 8.47. The lowest BCUT2D eigenvalue weighted by Gasteiger charge is -2.05. The van der Waals surface area contributed by atoms with Crippen molar-refractivity contribution in [2.45, 2.75) is 20.4 Å². The quantitative estimate of drug-likeness (QED) is 0.571. The summed E-state index contributed by atoms with van der Waals surface area (Å²) in [7, 11) is 1.83. The minimum Gasteiger partial charge on any atom is -0.461 e. The standard InChI is InChI=1S/C13H19N5O2S/c1-4-20-13(19)11-12(10-8-14-17(3)9-10)18(16-15-11)6-7-21-5-2/h8-9H,4-7H2,1-3H3. The maximum Gasteiger partial charge on any atom is 0.361 e. The van der Waals surface area contributed by atoms with Gasteiger partial charge in [-0.25, -0.2) is 9.48 Å². The summed E-state index contributed by atoms with van der Waals surface area (Å²) in [6.07, 6.45) is 3.54. The number of aryl methyl sites for hydroxylation is 2. The Kier molecular flexibility index (Phi) is 5.38. The highest BCUT2D eigenvalue weighted by Gasteiger charge is 2.23. The van der Waals surface area contributed by atoms with Crippen LogP contribution in [0.3, 0.4) is 0 Å². The molecule has 0 radical (unpaired) electrons. The van der Waals surface area contributed by atoms with E-state index in [9.17, 15) is 4.79 Å². The first-order chi connectivity index (χ1) is 10.2. The molecule has 0 aromatic carbocycles. The van der Waals surface area contributed by atoms with Gasteiger partial charge in [-0.3, -0.25) is 4.68 Å². The molecule has 0 amide bonds. The van der Waals surface area contributed by atoms with Gasteiger partial charge >= 0.3 is 5.97 Å². The van der Waals surface area contributed by atoms with Gasteiger partial charge in [0.25, 0.3) is 0 Å². The second kappa shape index (κ2) is 7.26. The van der Waals surface area contributed by atoms with Crippen LogP contribution in [0.1, 0.15) is 24.3 Å². The van der Waals surface area contributed by atoms with E-state index in [1.165, 1.54) is 0 Å². The normalized spacial score (nSPS) is 10.8. The Morgan fingerprint density at radius 2 is 2.24 bits per heavy atom. The van der Waals surface area contributed by atoms with Crippen molar-refractivity contribution in [2.75, 3.05) is 18.1 Å². The molecule has 0 atom stereocenters. The highest BCUT2D eigenvalue weighted by atomic mass is 32.2. The molecule has 2 heterocycles. The molecule has 0 bridgehead atoms. The summed E-state index contributed by atoms with van der Waals surface area (Å²) in [5, 5.41) is 12.2. The number of rotatable bonds is 7. The van der Waals surface area contributed by atoms with Crippen LogP contribution in [0.5, 0.6) is 0 Å². The summed E-state index contributed by atoms with van der Waals surface area (Å²) in [5.41, 5.74) is 1.72. The van der Waals surface area contributed by atoms with Crippen LogP contribution in [-0.4, -0.2) is 48.9 Å². The second-order valence-corrected chi connectivity index (χ2v) is 5.72. The Labute approximate surface area is 127 Å². The summed E-state index contributed by atoms with van der Waals surface area (Å²) in [6.45, 7) is 4.88. The summed E-state index contributed by atoms with van der Waals surface area (Å²) in [6, 6.07) is 0. The van der Waals surface area contributed by atoms with E-state index < -0.39 is 5.97 Å². The van der Waals surface area contributed by atoms with Crippen LogP contribution in [0.2, 0.25) is 0 Å². The number of carbonyl (C=O) groups is 1. The van der Waals surface area contributed by atoms with Gasteiger partial charge in [-0.15, -0.1) is 5.10 Å². The van der Waals surface area contributed by atoms with Gasteiger partial charge < -0.3 is 4.74 Å². The van der Waals surface area contributed by atoms with Crippen molar-refractivity contribution in [1.82, 2.24) is 24.8 Å². The highest BCUT2D eigenvalue weighted by Crippen LogP contribution is 2.22. The Morgan fingerprint density at radius 3 is 2.86 bits per heavy atom. The summed E-state index contributed by atoms with van der Waals surface area (Å²) in [4.78, 5) is 12.0. The van der Waals surface area contributed by atoms with Crippen molar-refractivity contribution in [3.05, 3.63) is 18.1 Å². The first-order valence-corrected chi connectivity index (χ1v) is 8.00. The topological polar surface area (TPSA) is 74.8 Å². The molecule has 7 nitrogen and oxygen atoms in total. The predicted octanol–water partition coefficient (Wildman–Crippen LogP) is 1.61. The van der Waals surface area contributed by atoms with Crippen LogP contribution in [0.15, 0.2) is 12.4 Å². The van der Waals surface area contributed by atoms with Crippen molar-refractivity contribution in [2.24, 2.45) is 7.05 Å². The zero-order valence-corrected chi connectivity index (χ0v) is 13.3. The molecule has 0 saturated carbocycles. The van der Waals surface area contributed by atoms with E-state index in [4.69, 9.17) is 4.74 Å². The highest BCUT2D eigenvalue weighted by molar-refractivity contribution is 7.99. The smallest absolute Gasteiger partial charge is 0.361 e. The number of nitrogens with zero attached hydrogens (tertiary/aromatic N) is 5. The third-order valence-corrected chi connectivity index (χ3v) is 3.71. The Balaban J connectivity index is 2.35. The minimum absolute atomic E-state index is 0.242. The fourth-order valence-corrected chi connectivity index (χ4v) is 2.52. The molecule has 8 heteroatoms. The van der Waals surface area contributed by atoms with E-state index >= 15 is 0 Å². The molecule has 2 aromatic heterocycles. The molecule has 0 aliphatic rings. The van der Waals surface area contributed by atoms with Crippen molar-refractivity contribution < 1.29 is 9.53 Å². The van der Waals surface area contributed by atoms with Gasteiger partial charge in [0.05, 0.1) is 19.3 Å². The van der Waals surface area contributed by atoms with Gasteiger partial charge in [-0.1, -0.05) is 12.1 Å². The largest absolute Gasteiger partial charge is 0.461 e. The van der Waals surface area contributed by atoms with Gasteiger partial charge in [0, 0.05) is 24.6 Å². The van der Waals surface area contributed by atoms with Crippen LogP contribution in [0.25, 0.3) is 11.3 Å². The van der Waals surface area contributed by atoms with Crippen molar-refractivity contribution in [3.63, 3.8) is 0 Å². The number of hydrogen-bond acceptors (Lipinski definition) is 6. The van der Waals surface area contributed by atoms with Crippen LogP contribution >= 0.6 is 11.8 Å². The second-order valence-electron chi connectivity index (χ2n) is 4.33. The van der Waals surface area contributed by atoms with Gasteiger partial charge in [-0.2, -0.15) is 16.9 Å². The molecular formula is C13H19N5O2S. The van der Waals surface area contributed by atoms with Crippen LogP contribution < -0.4 is 0 Å². The Bertz CT molecular complexity index is 607. The number of ether oxygens (including phenoxy) is 1. The first-order valence-electron chi connectivity index (χ1n) is 6.84. The minimum atomic E-state index is -0.453. The van der Waals surface area contributed by atoms with Crippen LogP contribution in [0, 0.1) is 0 Å². The number of hydrogen-bond donors (Lipinski definition) is 0. The average molecular weight is 309 g/mol. The van der Waals surface area contributed by atoms with Gasteiger partial charge in [-0.05, 0) is 12.7 Å². The molecule has 0 unspecified atom stereocenters. The van der Waals surface area contributed by atoms with E-state index in [-0.39, 0.29) is 5.69 Å². The SMILES string of the molecule is CCOC(=O)c1nnn(CCSCC)c1-c1cnn(C)c1. The maximum absolute atomic E-state index is 12.0. The van der Waals surface area contributed by atoms with Gasteiger partial charge in [0.15, 0.2) is 5.69 Å². The lowest BCUT2D eigenvalue weighted by molar-refractivity contribution is 0.0520. The molecule has 2 rings (SSSR count). The fraction of sp³-hybridized carbons (Fsp3) is 0.538. The third-order valence-electron chi connectivity index (χ3n) is 2.83. The molecule has 114 valence electrons. The summed E-state index contributed by atoms with van der Waals surface area (Å²) >= 11 is 1.81. The maximum atomic E-state index is 12.0. The van der Waals surface area contributed by atoms with Gasteiger partial charge in [0.2, 0.25) is 0 Å². The summed E-state index contributed by atoms with van der Waals surface area (Å²) in [5.74, 6) is 1.50. The van der Waals surface area contributed by atoms with Crippen LogP contribution in [0.4, 0.5) is 0 Å². The molecule has 0 N–H and O–H groups in total. The lowest BCUT2D eigenvalue weighted by atomic mass is 10.2. The van der Waals surface area contributed by atoms with E-state index in [0.29, 0.717) is 18.8 Å². The molecule has 2 aromatic rings. The zero-order valence-electron chi connectivity index (χ0n) is 12.4. The lowest BCUT2D eigenvalue weighted by Crippen LogP contribution is -2.09. The molecule has 21 heavy (non-hydrogen) atoms. The average Bonchev–Trinajstić information content (AvgIpc) is 3.05.